The molecule has 0 aromatic rings. The van der Waals surface area contributed by atoms with Gasteiger partial charge < -0.3 is 39.0 Å². The third-order valence-electron chi connectivity index (χ3n) is 13.8. The second-order valence-corrected chi connectivity index (χ2v) is 21.0. The summed E-state index contributed by atoms with van der Waals surface area (Å²) < 4.78 is 28.4. The van der Waals surface area contributed by atoms with Crippen molar-refractivity contribution >= 4 is 23.9 Å². The van der Waals surface area contributed by atoms with Crippen LogP contribution in [0.2, 0.25) is 0 Å². The van der Waals surface area contributed by atoms with E-state index in [1.165, 1.54) is 83.5 Å². The fraction of sp³-hybridized carbons (Fsp3) is 0.754. The van der Waals surface area contributed by atoms with Crippen LogP contribution < -0.4 is 0 Å². The van der Waals surface area contributed by atoms with E-state index >= 15 is 0 Å². The number of rotatable bonds is 52. The molecule has 0 saturated carbocycles. The Hall–Kier alpha value is -3.84. The van der Waals surface area contributed by atoms with E-state index in [-0.39, 0.29) is 25.9 Å². The molecular weight excluding hydrogens is 973 g/mol. The number of aliphatic carboxylic acids is 1. The molecule has 0 aliphatic carbocycles. The molecule has 77 heavy (non-hydrogen) atoms. The van der Waals surface area contributed by atoms with E-state index in [0.717, 1.165) is 122 Å². The zero-order valence-electron chi connectivity index (χ0n) is 48.7. The molecule has 1 rings (SSSR count). The molecule has 1 saturated heterocycles. The van der Waals surface area contributed by atoms with Gasteiger partial charge in [0.1, 0.15) is 18.8 Å². The maximum atomic E-state index is 13.1. The molecule has 1 heterocycles. The molecule has 0 spiro atoms. The fourth-order valence-corrected chi connectivity index (χ4v) is 9.04. The highest BCUT2D eigenvalue weighted by molar-refractivity contribution is 5.74. The number of carbonyl (C=O) groups is 4. The Kier molecular flexibility index (Phi) is 48.8. The topological polar surface area (TPSA) is 175 Å². The van der Waals surface area contributed by atoms with Gasteiger partial charge >= 0.3 is 23.9 Å². The van der Waals surface area contributed by atoms with Crippen molar-refractivity contribution in [2.45, 2.75) is 302 Å². The third-order valence-corrected chi connectivity index (χ3v) is 13.8. The summed E-state index contributed by atoms with van der Waals surface area (Å²) in [5.41, 5.74) is 0. The molecular formula is C65H110O12. The summed E-state index contributed by atoms with van der Waals surface area (Å²) in [5.74, 6) is -3.13. The number of carbonyl (C=O) groups excluding carboxylic acids is 3. The SMILES string of the molecule is CC/C=C\C/C=C\C/C=C\C/C=C\CCCCCCCCC(=O)OCC(COC1OC(C(=O)O)C(O)C(O)C1OC(=O)CCCCCCCCCCC/C=C\C/C=C\CCCCC)OC(=O)CCCCCCCCCCC. The number of aliphatic hydroxyl groups excluding tert-OH is 2. The maximum absolute atomic E-state index is 13.1. The van der Waals surface area contributed by atoms with E-state index < -0.39 is 67.3 Å². The summed E-state index contributed by atoms with van der Waals surface area (Å²) >= 11 is 0. The molecule has 1 fully saturated rings. The largest absolute Gasteiger partial charge is 0.479 e. The van der Waals surface area contributed by atoms with E-state index in [0.29, 0.717) is 19.3 Å². The first kappa shape index (κ1) is 71.2. The molecule has 12 nitrogen and oxygen atoms in total. The molecule has 0 radical (unpaired) electrons. The van der Waals surface area contributed by atoms with Crippen molar-refractivity contribution in [2.24, 2.45) is 0 Å². The number of esters is 3. The number of aliphatic hydroxyl groups is 2. The summed E-state index contributed by atoms with van der Waals surface area (Å²) in [6.45, 7) is 5.83. The smallest absolute Gasteiger partial charge is 0.335 e. The zero-order valence-corrected chi connectivity index (χ0v) is 48.7. The van der Waals surface area contributed by atoms with Gasteiger partial charge in [-0.3, -0.25) is 14.4 Å². The van der Waals surface area contributed by atoms with E-state index in [1.54, 1.807) is 0 Å². The number of unbranched alkanes of at least 4 members (excludes halogenated alkanes) is 26. The molecule has 6 unspecified atom stereocenters. The van der Waals surface area contributed by atoms with Crippen LogP contribution in [0.1, 0.15) is 265 Å². The minimum Gasteiger partial charge on any atom is -0.479 e. The lowest BCUT2D eigenvalue weighted by atomic mass is 9.98. The molecule has 442 valence electrons. The quantitative estimate of drug-likeness (QED) is 0.0228. The fourth-order valence-electron chi connectivity index (χ4n) is 9.04. The van der Waals surface area contributed by atoms with Crippen molar-refractivity contribution in [3.63, 3.8) is 0 Å². The first-order valence-corrected chi connectivity index (χ1v) is 30.9. The number of ether oxygens (including phenoxy) is 5. The Morgan fingerprint density at radius 2 is 0.818 bits per heavy atom. The second-order valence-electron chi connectivity index (χ2n) is 21.0. The van der Waals surface area contributed by atoms with Gasteiger partial charge in [-0.25, -0.2) is 4.79 Å². The van der Waals surface area contributed by atoms with Gasteiger partial charge in [-0.1, -0.05) is 229 Å². The highest BCUT2D eigenvalue weighted by atomic mass is 16.7. The number of carboxylic acid groups (broad SMARTS) is 1. The van der Waals surface area contributed by atoms with Gasteiger partial charge in [-0.15, -0.1) is 0 Å². The highest BCUT2D eigenvalue weighted by Gasteiger charge is 2.50. The summed E-state index contributed by atoms with van der Waals surface area (Å²) in [4.78, 5) is 51.1. The predicted molar refractivity (Wildman–Crippen MR) is 312 cm³/mol. The molecule has 6 atom stereocenters. The van der Waals surface area contributed by atoms with Crippen LogP contribution in [-0.4, -0.2) is 89.2 Å². The van der Waals surface area contributed by atoms with Crippen molar-refractivity contribution < 1.29 is 58.2 Å². The molecule has 1 aliphatic heterocycles. The highest BCUT2D eigenvalue weighted by Crippen LogP contribution is 2.26. The summed E-state index contributed by atoms with van der Waals surface area (Å²) in [6, 6.07) is 0. The molecule has 0 aromatic carbocycles. The van der Waals surface area contributed by atoms with Crippen molar-refractivity contribution in [1.29, 1.82) is 0 Å². The Balaban J connectivity index is 2.61. The van der Waals surface area contributed by atoms with Crippen LogP contribution >= 0.6 is 0 Å². The van der Waals surface area contributed by atoms with Gasteiger partial charge in [-0.05, 0) is 89.9 Å². The average molecular weight is 1080 g/mol. The van der Waals surface area contributed by atoms with Gasteiger partial charge in [0.25, 0.3) is 0 Å². The van der Waals surface area contributed by atoms with Crippen LogP contribution in [0.5, 0.6) is 0 Å². The van der Waals surface area contributed by atoms with Crippen LogP contribution in [-0.2, 0) is 42.9 Å². The third kappa shape index (κ3) is 42.7. The van der Waals surface area contributed by atoms with Crippen molar-refractivity contribution in [2.75, 3.05) is 13.2 Å². The van der Waals surface area contributed by atoms with Crippen molar-refractivity contribution in [3.8, 4) is 0 Å². The van der Waals surface area contributed by atoms with Crippen molar-refractivity contribution in [3.05, 3.63) is 72.9 Å². The van der Waals surface area contributed by atoms with E-state index in [9.17, 15) is 34.5 Å². The Bertz CT molecular complexity index is 1620. The van der Waals surface area contributed by atoms with Crippen LogP contribution in [0, 0.1) is 0 Å². The minimum absolute atomic E-state index is 0.0539. The summed E-state index contributed by atoms with van der Waals surface area (Å²) in [7, 11) is 0. The monoisotopic (exact) mass is 1080 g/mol. The molecule has 0 amide bonds. The van der Waals surface area contributed by atoms with Gasteiger partial charge in [-0.2, -0.15) is 0 Å². The molecule has 12 heteroatoms. The number of hydrogen-bond acceptors (Lipinski definition) is 11. The first-order chi connectivity index (χ1) is 37.6. The zero-order chi connectivity index (χ0) is 56.1. The Morgan fingerprint density at radius 3 is 1.27 bits per heavy atom. The number of allylic oxidation sites excluding steroid dienone is 12. The molecule has 1 aliphatic rings. The van der Waals surface area contributed by atoms with Crippen LogP contribution in [0.3, 0.4) is 0 Å². The lowest BCUT2D eigenvalue weighted by Gasteiger charge is -2.40. The van der Waals surface area contributed by atoms with E-state index in [2.05, 4.69) is 93.7 Å². The molecule has 0 aromatic heterocycles. The lowest BCUT2D eigenvalue weighted by Crippen LogP contribution is -2.61. The molecule has 3 N–H and O–H groups in total. The second kappa shape index (κ2) is 52.8. The van der Waals surface area contributed by atoms with Gasteiger partial charge in [0, 0.05) is 19.3 Å². The summed E-state index contributed by atoms with van der Waals surface area (Å²) in [6.07, 6.45) is 54.5. The normalized spacial score (nSPS) is 18.5. The van der Waals surface area contributed by atoms with Crippen LogP contribution in [0.25, 0.3) is 0 Å². The Labute approximate surface area is 468 Å². The summed E-state index contributed by atoms with van der Waals surface area (Å²) in [5, 5.41) is 31.5. The first-order valence-electron chi connectivity index (χ1n) is 30.9. The lowest BCUT2D eigenvalue weighted by molar-refractivity contribution is -0.301. The predicted octanol–water partition coefficient (Wildman–Crippen LogP) is 16.1. The molecule has 0 bridgehead atoms. The number of carboxylic acids is 1. The van der Waals surface area contributed by atoms with Gasteiger partial charge in [0.2, 0.25) is 0 Å². The van der Waals surface area contributed by atoms with Crippen molar-refractivity contribution in [1.82, 2.24) is 0 Å². The van der Waals surface area contributed by atoms with Gasteiger partial charge in [0.15, 0.2) is 24.6 Å². The Morgan fingerprint density at radius 1 is 0.442 bits per heavy atom. The average Bonchev–Trinajstić information content (AvgIpc) is 3.42. The minimum atomic E-state index is -1.91. The number of hydrogen-bond donors (Lipinski definition) is 3. The standard InChI is InChI=1S/C65H110O12/c1-4-7-10-13-16-19-21-23-25-27-29-31-33-35-37-40-42-45-48-51-57(66)73-54-56(75-58(67)52-49-46-43-39-18-15-12-9-6-3)55-74-65-63(61(70)60(69)62(77-65)64(71)72)76-59(68)53-50-47-44-41-38-36-34-32-30-28-26-24-22-20-17-14-11-8-5-2/h7,10,16-17,19-20,23-26,29,31,56,60-63,65,69-70H,4-6,8-9,11-15,18,21-22,27-28,30,32-55H2,1-3H3,(H,71,72)/b10-7-,19-16-,20-17-,25-23-,26-24-,31-29-. The maximum Gasteiger partial charge on any atom is 0.335 e. The van der Waals surface area contributed by atoms with Crippen LogP contribution in [0.4, 0.5) is 0 Å². The van der Waals surface area contributed by atoms with E-state index in [4.69, 9.17) is 23.7 Å². The van der Waals surface area contributed by atoms with Gasteiger partial charge in [0.05, 0.1) is 6.61 Å². The van der Waals surface area contributed by atoms with Crippen LogP contribution in [0.15, 0.2) is 72.9 Å². The van der Waals surface area contributed by atoms with E-state index in [1.807, 2.05) is 0 Å².